The molecule has 0 aliphatic heterocycles. The van der Waals surface area contributed by atoms with E-state index in [4.69, 9.17) is 10.6 Å². The van der Waals surface area contributed by atoms with Crippen molar-refractivity contribution in [2.24, 2.45) is 17.5 Å². The molecule has 2 aromatic rings. The van der Waals surface area contributed by atoms with Gasteiger partial charge in [-0.05, 0) is 35.4 Å². The topological polar surface area (TPSA) is 148 Å². The number of amides is 1. The molecule has 21 heavy (non-hydrogen) atoms. The third-order valence-electron chi connectivity index (χ3n) is 3.11. The third kappa shape index (κ3) is 4.40. The number of fused-ring (bicyclic) bond motifs is 1. The van der Waals surface area contributed by atoms with E-state index in [9.17, 15) is 4.79 Å². The maximum Gasteiger partial charge on any atom is 0.241 e. The molecule has 0 aliphatic rings. The van der Waals surface area contributed by atoms with Gasteiger partial charge < -0.3 is 10.2 Å². The lowest BCUT2D eigenvalue weighted by atomic mass is 9.97. The van der Waals surface area contributed by atoms with Crippen molar-refractivity contribution in [1.29, 1.82) is 0 Å². The second-order valence-corrected chi connectivity index (χ2v) is 4.20. The van der Waals surface area contributed by atoms with Crippen molar-refractivity contribution >= 4 is 16.7 Å². The molecule has 9 N–H and O–H groups in total. The van der Waals surface area contributed by atoms with Gasteiger partial charge in [-0.2, -0.15) is 0 Å². The van der Waals surface area contributed by atoms with E-state index in [2.05, 4.69) is 17.1 Å². The molecule has 7 heteroatoms. The zero-order valence-corrected chi connectivity index (χ0v) is 12.1. The van der Waals surface area contributed by atoms with Crippen molar-refractivity contribution in [2.75, 3.05) is 7.11 Å². The number of hydrogen-bond donors (Lipinski definition) is 4. The molecule has 2 rings (SSSR count). The van der Waals surface area contributed by atoms with Crippen LogP contribution in [-0.4, -0.2) is 18.5 Å². The number of hydrogen-bond acceptors (Lipinski definition) is 5. The van der Waals surface area contributed by atoms with Crippen LogP contribution in [0.4, 0.5) is 0 Å². The van der Waals surface area contributed by atoms with E-state index in [-0.39, 0.29) is 17.3 Å². The fourth-order valence-electron chi connectivity index (χ4n) is 1.91. The minimum Gasteiger partial charge on any atom is -0.497 e. The summed E-state index contributed by atoms with van der Waals surface area (Å²) in [4.78, 5) is 11.5. The molecule has 1 atom stereocenters. The first-order valence-electron chi connectivity index (χ1n) is 6.07. The van der Waals surface area contributed by atoms with E-state index in [1.54, 1.807) is 7.11 Å². The molecular weight excluding hydrogens is 272 g/mol. The minimum absolute atomic E-state index is 0. The number of rotatable bonds is 3. The molecule has 0 spiro atoms. The van der Waals surface area contributed by atoms with Crippen LogP contribution in [0.2, 0.25) is 0 Å². The number of ether oxygens (including phenoxy) is 1. The summed E-state index contributed by atoms with van der Waals surface area (Å²) in [5, 5.41) is 2.16. The summed E-state index contributed by atoms with van der Waals surface area (Å²) in [5.41, 5.74) is 3.11. The normalized spacial score (nSPS) is 10.7. The summed E-state index contributed by atoms with van der Waals surface area (Å²) in [6.45, 7) is 1.83. The van der Waals surface area contributed by atoms with Crippen LogP contribution in [0.15, 0.2) is 36.4 Å². The molecule has 116 valence electrons. The Kier molecular flexibility index (Phi) is 7.95. The lowest BCUT2D eigenvalue weighted by Crippen LogP contribution is -2.33. The van der Waals surface area contributed by atoms with Gasteiger partial charge in [0, 0.05) is 0 Å². The fourth-order valence-corrected chi connectivity index (χ4v) is 1.91. The summed E-state index contributed by atoms with van der Waals surface area (Å²) in [6.07, 6.45) is 0. The average molecular weight is 294 g/mol. The Hall–Kier alpha value is -2.19. The van der Waals surface area contributed by atoms with Crippen LogP contribution in [0.5, 0.6) is 5.75 Å². The van der Waals surface area contributed by atoms with E-state index >= 15 is 0 Å². The van der Waals surface area contributed by atoms with Gasteiger partial charge >= 0.3 is 0 Å². The van der Waals surface area contributed by atoms with Crippen molar-refractivity contribution in [3.05, 3.63) is 42.0 Å². The Morgan fingerprint density at radius 1 is 1.14 bits per heavy atom. The number of nitrogens with one attached hydrogen (secondary N) is 1. The Balaban J connectivity index is 0.00000128. The maximum absolute atomic E-state index is 11.5. The third-order valence-corrected chi connectivity index (χ3v) is 3.11. The summed E-state index contributed by atoms with van der Waals surface area (Å²) < 4.78 is 5.17. The smallest absolute Gasteiger partial charge is 0.241 e. The van der Waals surface area contributed by atoms with Crippen LogP contribution in [0.25, 0.3) is 10.8 Å². The molecule has 0 saturated carbocycles. The van der Waals surface area contributed by atoms with Gasteiger partial charge in [0.2, 0.25) is 5.91 Å². The molecule has 0 unspecified atom stereocenters. The fraction of sp³-hybridized carbons (Fsp3) is 0.214. The van der Waals surface area contributed by atoms with Crippen LogP contribution >= 0.6 is 0 Å². The molecule has 2 aromatic carbocycles. The standard InChI is InChI=1S/C14H16N2O2.H4N2.H2O/c1-9(14(17)16-15)10-3-4-12-8-13(18-2)6-5-11(12)7-10;1-2;/h3-9H,15H2,1-2H3,(H,16,17);1-2H2;1H2/t9-;;/m0../s1. The highest BCUT2D eigenvalue weighted by Crippen LogP contribution is 2.25. The first-order valence-corrected chi connectivity index (χ1v) is 6.07. The highest BCUT2D eigenvalue weighted by molar-refractivity contribution is 5.88. The van der Waals surface area contributed by atoms with Crippen molar-refractivity contribution in [3.63, 3.8) is 0 Å². The van der Waals surface area contributed by atoms with Crippen molar-refractivity contribution in [3.8, 4) is 5.75 Å². The summed E-state index contributed by atoms with van der Waals surface area (Å²) in [7, 11) is 1.64. The van der Waals surface area contributed by atoms with E-state index in [1.165, 1.54) is 0 Å². The van der Waals surface area contributed by atoms with Crippen LogP contribution in [0.1, 0.15) is 18.4 Å². The van der Waals surface area contributed by atoms with Crippen molar-refractivity contribution in [2.45, 2.75) is 12.8 Å². The predicted molar refractivity (Wildman–Crippen MR) is 83.2 cm³/mol. The van der Waals surface area contributed by atoms with Crippen LogP contribution in [0.3, 0.4) is 0 Å². The Morgan fingerprint density at radius 3 is 2.29 bits per heavy atom. The highest BCUT2D eigenvalue weighted by Gasteiger charge is 2.14. The number of carbonyl (C=O) groups excluding carboxylic acids is 1. The second-order valence-electron chi connectivity index (χ2n) is 4.20. The molecule has 0 fully saturated rings. The first kappa shape index (κ1) is 18.8. The zero-order chi connectivity index (χ0) is 15.1. The van der Waals surface area contributed by atoms with Gasteiger partial charge in [-0.15, -0.1) is 0 Å². The predicted octanol–water partition coefficient (Wildman–Crippen LogP) is -0.0641. The summed E-state index contributed by atoms with van der Waals surface area (Å²) >= 11 is 0. The van der Waals surface area contributed by atoms with Gasteiger partial charge in [-0.25, -0.2) is 5.84 Å². The maximum atomic E-state index is 11.5. The minimum atomic E-state index is -0.262. The van der Waals surface area contributed by atoms with Crippen LogP contribution in [0, 0.1) is 0 Å². The van der Waals surface area contributed by atoms with Gasteiger partial charge in [-0.1, -0.05) is 24.3 Å². The largest absolute Gasteiger partial charge is 0.497 e. The number of carbonyl (C=O) groups is 1. The van der Waals surface area contributed by atoms with Gasteiger partial charge in [-0.3, -0.25) is 21.9 Å². The first-order chi connectivity index (χ1) is 9.65. The van der Waals surface area contributed by atoms with Crippen LogP contribution < -0.4 is 27.7 Å². The number of benzene rings is 2. The molecule has 0 radical (unpaired) electrons. The highest BCUT2D eigenvalue weighted by atomic mass is 16.5. The van der Waals surface area contributed by atoms with Gasteiger partial charge in [0.15, 0.2) is 0 Å². The van der Waals surface area contributed by atoms with E-state index in [0.29, 0.717) is 0 Å². The van der Waals surface area contributed by atoms with Gasteiger partial charge in [0.25, 0.3) is 0 Å². The molecular formula is C14H22N4O3. The number of nitrogens with two attached hydrogens (primary N) is 3. The van der Waals surface area contributed by atoms with E-state index in [0.717, 1.165) is 22.1 Å². The Morgan fingerprint density at radius 2 is 1.71 bits per heavy atom. The summed E-state index contributed by atoms with van der Waals surface area (Å²) in [5.74, 6) is 13.5. The zero-order valence-electron chi connectivity index (χ0n) is 12.1. The van der Waals surface area contributed by atoms with Crippen molar-refractivity contribution < 1.29 is 15.0 Å². The molecule has 0 heterocycles. The quantitative estimate of drug-likeness (QED) is 0.355. The molecule has 0 saturated heterocycles. The SMILES string of the molecule is COc1ccc2cc([C@H](C)C(=O)NN)ccc2c1.NN.O. The number of hydrazine groups is 2. The Bertz CT molecular complexity index is 589. The average Bonchev–Trinajstić information content (AvgIpc) is 2.54. The van der Waals surface area contributed by atoms with Crippen LogP contribution in [-0.2, 0) is 4.79 Å². The van der Waals surface area contributed by atoms with E-state index in [1.807, 2.05) is 43.3 Å². The second kappa shape index (κ2) is 8.88. The molecule has 7 nitrogen and oxygen atoms in total. The lowest BCUT2D eigenvalue weighted by molar-refractivity contribution is -0.122. The van der Waals surface area contributed by atoms with E-state index < -0.39 is 0 Å². The molecule has 0 aliphatic carbocycles. The van der Waals surface area contributed by atoms with Gasteiger partial charge in [0.05, 0.1) is 13.0 Å². The number of methoxy groups -OCH3 is 1. The van der Waals surface area contributed by atoms with Crippen molar-refractivity contribution in [1.82, 2.24) is 5.43 Å². The molecule has 1 amide bonds. The van der Waals surface area contributed by atoms with Gasteiger partial charge in [0.1, 0.15) is 5.75 Å². The lowest BCUT2D eigenvalue weighted by Gasteiger charge is -2.11. The monoisotopic (exact) mass is 294 g/mol. The molecule has 0 bridgehead atoms. The Labute approximate surface area is 123 Å². The summed E-state index contributed by atoms with van der Waals surface area (Å²) in [6, 6.07) is 11.8. The molecule has 0 aromatic heterocycles.